The summed E-state index contributed by atoms with van der Waals surface area (Å²) < 4.78 is 3.86. The van der Waals surface area contributed by atoms with Gasteiger partial charge >= 0.3 is 11.4 Å². The minimum absolute atomic E-state index is 0.0777. The predicted octanol–water partition coefficient (Wildman–Crippen LogP) is 1.75. The van der Waals surface area contributed by atoms with Crippen molar-refractivity contribution in [3.63, 3.8) is 0 Å². The number of allylic oxidation sites excluding steroid dienone is 4. The van der Waals surface area contributed by atoms with E-state index < -0.39 is 34.7 Å². The number of phenols is 1. The van der Waals surface area contributed by atoms with Gasteiger partial charge in [-0.05, 0) is 43.1 Å². The first-order valence-corrected chi connectivity index (χ1v) is 10.7. The average Bonchev–Trinajstić information content (AvgIpc) is 2.98. The van der Waals surface area contributed by atoms with Crippen LogP contribution < -0.4 is 11.4 Å². The van der Waals surface area contributed by atoms with Crippen molar-refractivity contribution < 1.29 is 14.7 Å². The number of aromatic nitrogens is 3. The summed E-state index contributed by atoms with van der Waals surface area (Å²) in [6, 6.07) is 4.81. The molecule has 3 aliphatic rings. The Morgan fingerprint density at radius 2 is 1.81 bits per heavy atom. The van der Waals surface area contributed by atoms with Gasteiger partial charge < -0.3 is 5.11 Å². The summed E-state index contributed by atoms with van der Waals surface area (Å²) in [5.41, 5.74) is 0.417. The maximum atomic E-state index is 13.5. The van der Waals surface area contributed by atoms with Gasteiger partial charge in [0.05, 0.1) is 18.0 Å². The molecule has 1 aliphatic heterocycles. The highest BCUT2D eigenvalue weighted by molar-refractivity contribution is 6.13. The van der Waals surface area contributed by atoms with Crippen LogP contribution in [0.2, 0.25) is 0 Å². The molecule has 8 heteroatoms. The van der Waals surface area contributed by atoms with Crippen LogP contribution in [-0.2, 0) is 23.2 Å². The molecule has 0 saturated heterocycles. The molecule has 0 radical (unpaired) electrons. The first-order chi connectivity index (χ1) is 15.1. The summed E-state index contributed by atoms with van der Waals surface area (Å²) in [6.45, 7) is 5.39. The van der Waals surface area contributed by atoms with Crippen LogP contribution in [-0.4, -0.2) is 30.6 Å². The number of carbonyl (C=O) groups excluding carboxylic acids is 2. The van der Waals surface area contributed by atoms with Gasteiger partial charge in [0.25, 0.3) is 0 Å². The minimum Gasteiger partial charge on any atom is -0.507 e. The summed E-state index contributed by atoms with van der Waals surface area (Å²) in [4.78, 5) is 52.3. The van der Waals surface area contributed by atoms with Gasteiger partial charge in [-0.3, -0.25) is 9.59 Å². The molecule has 8 nitrogen and oxygen atoms in total. The molecule has 2 aliphatic carbocycles. The van der Waals surface area contributed by atoms with Gasteiger partial charge in [0.1, 0.15) is 5.75 Å². The zero-order chi connectivity index (χ0) is 23.1. The molecule has 4 atom stereocenters. The molecule has 1 aromatic heterocycles. The molecule has 32 heavy (non-hydrogen) atoms. The summed E-state index contributed by atoms with van der Waals surface area (Å²) in [7, 11) is 1.43. The number of Topliss-reactive ketones (excluding diaryl/α,β-unsaturated/α-hetero) is 1. The number of rotatable bonds is 1. The fourth-order valence-corrected chi connectivity index (χ4v) is 5.91. The van der Waals surface area contributed by atoms with E-state index in [2.05, 4.69) is 0 Å². The van der Waals surface area contributed by atoms with Gasteiger partial charge in [-0.1, -0.05) is 31.2 Å². The number of nitrogens with zero attached hydrogens (tertiary/aromatic N) is 3. The Bertz CT molecular complexity index is 1390. The number of phenolic OH excluding ortho intramolecular Hbond substituents is 1. The lowest BCUT2D eigenvalue weighted by Gasteiger charge is -2.52. The van der Waals surface area contributed by atoms with Crippen molar-refractivity contribution in [1.82, 2.24) is 13.9 Å². The van der Waals surface area contributed by atoms with Crippen LogP contribution in [0.3, 0.4) is 0 Å². The molecule has 5 rings (SSSR count). The summed E-state index contributed by atoms with van der Waals surface area (Å²) in [5.74, 6) is -1.50. The van der Waals surface area contributed by atoms with Gasteiger partial charge in [-0.15, -0.1) is 0 Å². The molecule has 1 saturated carbocycles. The second-order valence-corrected chi connectivity index (χ2v) is 9.34. The zero-order valence-corrected chi connectivity index (χ0v) is 18.5. The predicted molar refractivity (Wildman–Crippen MR) is 117 cm³/mol. The molecule has 0 amide bonds. The fraction of sp³-hybridized carbons (Fsp3) is 0.417. The van der Waals surface area contributed by atoms with Crippen LogP contribution in [0.1, 0.15) is 43.4 Å². The van der Waals surface area contributed by atoms with Crippen molar-refractivity contribution in [1.29, 1.82) is 0 Å². The third kappa shape index (κ3) is 2.37. The van der Waals surface area contributed by atoms with E-state index >= 15 is 0 Å². The van der Waals surface area contributed by atoms with Crippen LogP contribution in [0, 0.1) is 18.3 Å². The van der Waals surface area contributed by atoms with Crippen LogP contribution in [0.4, 0.5) is 0 Å². The number of ketones is 2. The van der Waals surface area contributed by atoms with Crippen LogP contribution in [0.15, 0.2) is 51.1 Å². The van der Waals surface area contributed by atoms with E-state index in [-0.39, 0.29) is 30.3 Å². The Labute approximate surface area is 184 Å². The van der Waals surface area contributed by atoms with Crippen molar-refractivity contribution in [2.45, 2.75) is 45.7 Å². The minimum atomic E-state index is -1.11. The van der Waals surface area contributed by atoms with E-state index in [1.165, 1.54) is 22.5 Å². The first kappa shape index (κ1) is 20.5. The monoisotopic (exact) mass is 435 g/mol. The van der Waals surface area contributed by atoms with Crippen LogP contribution in [0.5, 0.6) is 5.75 Å². The second-order valence-electron chi connectivity index (χ2n) is 9.34. The molecule has 2 aromatic rings. The van der Waals surface area contributed by atoms with Gasteiger partial charge in [-0.25, -0.2) is 23.5 Å². The maximum Gasteiger partial charge on any atom is 0.347 e. The Hall–Kier alpha value is -3.42. The SMILES string of the molecule is CC1=CC(=O)C2(C)C(CC3C(=CCn4c(=O)n(C)c(=O)n43)C2c2cccc(C)c2O)C1=O. The third-order valence-corrected chi connectivity index (χ3v) is 7.71. The Morgan fingerprint density at radius 1 is 1.09 bits per heavy atom. The largest absolute Gasteiger partial charge is 0.507 e. The molecule has 1 fully saturated rings. The Morgan fingerprint density at radius 3 is 2.53 bits per heavy atom. The quantitative estimate of drug-likeness (QED) is 0.688. The number of hydrogen-bond donors (Lipinski definition) is 1. The summed E-state index contributed by atoms with van der Waals surface area (Å²) >= 11 is 0. The van der Waals surface area contributed by atoms with E-state index in [0.29, 0.717) is 16.7 Å². The van der Waals surface area contributed by atoms with Crippen molar-refractivity contribution in [3.05, 3.63) is 73.6 Å². The number of aromatic hydroxyl groups is 1. The number of benzene rings is 1. The molecular weight excluding hydrogens is 410 g/mol. The highest BCUT2D eigenvalue weighted by Gasteiger charge is 2.59. The smallest absolute Gasteiger partial charge is 0.347 e. The second kappa shape index (κ2) is 6.54. The molecular formula is C24H25N3O5. The van der Waals surface area contributed by atoms with E-state index in [9.17, 15) is 24.3 Å². The lowest BCUT2D eigenvalue weighted by atomic mass is 9.51. The number of para-hydroxylation sites is 1. The normalized spacial score (nSPS) is 29.1. The summed E-state index contributed by atoms with van der Waals surface area (Å²) in [5, 5.41) is 11.0. The number of fused-ring (bicyclic) bond motifs is 4. The molecule has 0 bridgehead atoms. The third-order valence-electron chi connectivity index (χ3n) is 7.71. The van der Waals surface area contributed by atoms with E-state index in [1.807, 2.05) is 12.1 Å². The zero-order valence-electron chi connectivity index (χ0n) is 18.5. The lowest BCUT2D eigenvalue weighted by Crippen LogP contribution is -2.54. The molecule has 166 valence electrons. The highest BCUT2D eigenvalue weighted by atomic mass is 16.3. The molecule has 2 heterocycles. The van der Waals surface area contributed by atoms with E-state index in [0.717, 1.165) is 10.1 Å². The lowest BCUT2D eigenvalue weighted by molar-refractivity contribution is -0.139. The fourth-order valence-electron chi connectivity index (χ4n) is 5.91. The van der Waals surface area contributed by atoms with Gasteiger partial charge in [-0.2, -0.15) is 0 Å². The van der Waals surface area contributed by atoms with Crippen LogP contribution >= 0.6 is 0 Å². The van der Waals surface area contributed by atoms with Crippen molar-refractivity contribution >= 4 is 11.6 Å². The molecule has 4 unspecified atom stereocenters. The summed E-state index contributed by atoms with van der Waals surface area (Å²) in [6.07, 6.45) is 3.53. The molecule has 1 aromatic carbocycles. The van der Waals surface area contributed by atoms with Crippen molar-refractivity contribution in [2.75, 3.05) is 0 Å². The standard InChI is InChI=1S/C24H25N3O5/c1-12-6-5-7-15(20(12)29)19-14-8-9-26-22(31)25(4)23(32)27(26)17(14)11-16-21(30)13(2)10-18(28)24(16,19)3/h5-8,10,16-17,19,29H,9,11H2,1-4H3. The average molecular weight is 435 g/mol. The number of aryl methyl sites for hydroxylation is 1. The van der Waals surface area contributed by atoms with E-state index in [4.69, 9.17) is 0 Å². The topological polar surface area (TPSA) is 103 Å². The van der Waals surface area contributed by atoms with Gasteiger partial charge in [0.2, 0.25) is 0 Å². The Kier molecular flexibility index (Phi) is 4.19. The van der Waals surface area contributed by atoms with Gasteiger partial charge in [0.15, 0.2) is 11.6 Å². The molecule has 0 spiro atoms. The van der Waals surface area contributed by atoms with Gasteiger partial charge in [0, 0.05) is 24.4 Å². The maximum absolute atomic E-state index is 13.5. The number of carbonyl (C=O) groups is 2. The van der Waals surface area contributed by atoms with E-state index in [1.54, 1.807) is 32.9 Å². The van der Waals surface area contributed by atoms with Crippen LogP contribution in [0.25, 0.3) is 0 Å². The van der Waals surface area contributed by atoms with Crippen molar-refractivity contribution in [3.8, 4) is 5.75 Å². The molecule has 1 N–H and O–H groups in total. The number of hydrogen-bond acceptors (Lipinski definition) is 5. The highest BCUT2D eigenvalue weighted by Crippen LogP contribution is 2.60. The first-order valence-electron chi connectivity index (χ1n) is 10.7. The van der Waals surface area contributed by atoms with Crippen molar-refractivity contribution in [2.24, 2.45) is 18.4 Å². The Balaban J connectivity index is 1.83.